The van der Waals surface area contributed by atoms with Gasteiger partial charge in [0.05, 0.1) is 24.5 Å². The zero-order valence-electron chi connectivity index (χ0n) is 25.3. The van der Waals surface area contributed by atoms with Crippen molar-refractivity contribution in [2.45, 2.75) is 46.3 Å². The van der Waals surface area contributed by atoms with Crippen molar-refractivity contribution in [3.63, 3.8) is 0 Å². The fraction of sp³-hybridized carbons (Fsp3) is 0.235. The summed E-state index contributed by atoms with van der Waals surface area (Å²) in [5, 5.41) is 10.3. The number of benzene rings is 2. The second kappa shape index (κ2) is 11.0. The first-order chi connectivity index (χ1) is 22.2. The van der Waals surface area contributed by atoms with Crippen molar-refractivity contribution in [3.8, 4) is 11.8 Å². The summed E-state index contributed by atoms with van der Waals surface area (Å²) in [4.78, 5) is 42.3. The normalized spacial score (nSPS) is 13.0. The highest BCUT2D eigenvalue weighted by molar-refractivity contribution is 5.95. The number of nitriles is 1. The van der Waals surface area contributed by atoms with E-state index in [-0.39, 0.29) is 36.6 Å². The molecule has 46 heavy (non-hydrogen) atoms. The van der Waals surface area contributed by atoms with Crippen LogP contribution in [-0.4, -0.2) is 46.0 Å². The molecule has 10 nitrogen and oxygen atoms in total. The van der Waals surface area contributed by atoms with E-state index in [9.17, 15) is 23.6 Å². The first-order valence-electron chi connectivity index (χ1n) is 14.9. The molecular formula is C34H28F2N8O2. The van der Waals surface area contributed by atoms with E-state index in [0.717, 1.165) is 22.7 Å². The maximum atomic E-state index is 14.7. The molecular weight excluding hydrogens is 590 g/mol. The number of halogens is 2. The number of rotatable bonds is 5. The monoisotopic (exact) mass is 618 g/mol. The SMILES string of the molecule is Cc1nc(C#N)nc2c1n(-c1ccc(C(=O)N3CCc4c(n(Cc5ccc(F)cc5F)c5ncccc45)C3)cc1)c(=O)n2C(C)C. The zero-order chi connectivity index (χ0) is 32.3. The highest BCUT2D eigenvalue weighted by Crippen LogP contribution is 2.32. The molecule has 0 saturated heterocycles. The van der Waals surface area contributed by atoms with Crippen LogP contribution in [0, 0.1) is 29.9 Å². The van der Waals surface area contributed by atoms with Gasteiger partial charge in [-0.2, -0.15) is 10.2 Å². The summed E-state index contributed by atoms with van der Waals surface area (Å²) in [6.07, 6.45) is 2.27. The van der Waals surface area contributed by atoms with Gasteiger partial charge in [-0.1, -0.05) is 6.07 Å². The molecule has 7 rings (SSSR count). The Morgan fingerprint density at radius 3 is 2.57 bits per heavy atom. The summed E-state index contributed by atoms with van der Waals surface area (Å²) >= 11 is 0. The molecule has 1 aliphatic rings. The van der Waals surface area contributed by atoms with Gasteiger partial charge in [-0.05, 0) is 75.2 Å². The Hall–Kier alpha value is -5.70. The molecule has 12 heteroatoms. The van der Waals surface area contributed by atoms with Crippen molar-refractivity contribution >= 4 is 28.1 Å². The van der Waals surface area contributed by atoms with Crippen LogP contribution in [-0.2, 0) is 19.5 Å². The third kappa shape index (κ3) is 4.63. The predicted molar refractivity (Wildman–Crippen MR) is 167 cm³/mol. The number of carbonyl (C=O) groups is 1. The molecule has 0 saturated carbocycles. The quantitative estimate of drug-likeness (QED) is 0.262. The van der Waals surface area contributed by atoms with Crippen LogP contribution in [0.5, 0.6) is 0 Å². The molecule has 6 aromatic rings. The Balaban J connectivity index is 1.22. The van der Waals surface area contributed by atoms with Crippen LogP contribution in [0.25, 0.3) is 27.9 Å². The number of aryl methyl sites for hydroxylation is 1. The number of carbonyl (C=O) groups excluding carboxylic acids is 1. The second-order valence-corrected chi connectivity index (χ2v) is 11.6. The fourth-order valence-electron chi connectivity index (χ4n) is 6.39. The van der Waals surface area contributed by atoms with Crippen molar-refractivity contribution in [2.24, 2.45) is 0 Å². The van der Waals surface area contributed by atoms with Gasteiger partial charge in [0, 0.05) is 47.1 Å². The highest BCUT2D eigenvalue weighted by atomic mass is 19.1. The number of hydrogen-bond donors (Lipinski definition) is 0. The molecule has 2 aromatic carbocycles. The maximum Gasteiger partial charge on any atom is 0.335 e. The van der Waals surface area contributed by atoms with Crippen LogP contribution >= 0.6 is 0 Å². The smallest absolute Gasteiger partial charge is 0.332 e. The number of imidazole rings is 1. The number of amides is 1. The lowest BCUT2D eigenvalue weighted by atomic mass is 10.0. The summed E-state index contributed by atoms with van der Waals surface area (Å²) < 4.78 is 33.2. The van der Waals surface area contributed by atoms with Gasteiger partial charge in [-0.15, -0.1) is 0 Å². The molecule has 0 atom stereocenters. The predicted octanol–water partition coefficient (Wildman–Crippen LogP) is 5.22. The van der Waals surface area contributed by atoms with E-state index in [0.29, 0.717) is 52.3 Å². The number of fused-ring (bicyclic) bond motifs is 4. The molecule has 0 N–H and O–H groups in total. The minimum Gasteiger partial charge on any atom is -0.332 e. The van der Waals surface area contributed by atoms with E-state index in [1.165, 1.54) is 21.3 Å². The van der Waals surface area contributed by atoms with Crippen LogP contribution in [0.4, 0.5) is 8.78 Å². The average Bonchev–Trinajstić information content (AvgIpc) is 3.53. The summed E-state index contributed by atoms with van der Waals surface area (Å²) in [5.74, 6) is -1.49. The molecule has 0 unspecified atom stereocenters. The van der Waals surface area contributed by atoms with Crippen molar-refractivity contribution in [3.05, 3.63) is 117 Å². The van der Waals surface area contributed by atoms with Crippen LogP contribution in [0.2, 0.25) is 0 Å². The molecule has 1 aliphatic heterocycles. The third-order valence-electron chi connectivity index (χ3n) is 8.52. The van der Waals surface area contributed by atoms with E-state index in [1.807, 2.05) is 36.6 Å². The first kappa shape index (κ1) is 29.0. The zero-order valence-corrected chi connectivity index (χ0v) is 25.3. The summed E-state index contributed by atoms with van der Waals surface area (Å²) in [7, 11) is 0. The molecule has 0 bridgehead atoms. The summed E-state index contributed by atoms with van der Waals surface area (Å²) in [6.45, 7) is 6.37. The minimum atomic E-state index is -0.645. The largest absolute Gasteiger partial charge is 0.335 e. The standard InChI is InChI=1S/C34H28F2N8O2/c1-19(2)43-32-30(20(3)39-29(16-37)40-32)44(34(43)46)24-10-7-21(8-11-24)33(45)41-14-12-25-26-5-4-13-38-31(26)42(28(25)18-41)17-22-6-9-23(35)15-27(22)36/h4-11,13,15,19H,12,14,17-18H2,1-3H3. The maximum absolute atomic E-state index is 14.7. The van der Waals surface area contributed by atoms with Gasteiger partial charge >= 0.3 is 5.69 Å². The van der Waals surface area contributed by atoms with Crippen molar-refractivity contribution in [1.29, 1.82) is 5.26 Å². The van der Waals surface area contributed by atoms with Gasteiger partial charge in [-0.3, -0.25) is 13.9 Å². The summed E-state index contributed by atoms with van der Waals surface area (Å²) in [6, 6.07) is 15.9. The molecule has 4 aromatic heterocycles. The molecule has 0 aliphatic carbocycles. The second-order valence-electron chi connectivity index (χ2n) is 11.6. The van der Waals surface area contributed by atoms with Crippen LogP contribution in [0.15, 0.2) is 65.6 Å². The highest BCUT2D eigenvalue weighted by Gasteiger charge is 2.29. The fourth-order valence-corrected chi connectivity index (χ4v) is 6.39. The van der Waals surface area contributed by atoms with Gasteiger partial charge in [0.2, 0.25) is 5.82 Å². The van der Waals surface area contributed by atoms with Gasteiger partial charge in [0.15, 0.2) is 5.65 Å². The van der Waals surface area contributed by atoms with Gasteiger partial charge in [0.1, 0.15) is 28.9 Å². The van der Waals surface area contributed by atoms with E-state index >= 15 is 0 Å². The van der Waals surface area contributed by atoms with Crippen molar-refractivity contribution in [2.75, 3.05) is 6.54 Å². The molecule has 0 radical (unpaired) electrons. The van der Waals surface area contributed by atoms with Gasteiger partial charge < -0.3 is 9.47 Å². The number of hydrogen-bond acceptors (Lipinski definition) is 6. The van der Waals surface area contributed by atoms with Gasteiger partial charge in [0.25, 0.3) is 5.91 Å². The van der Waals surface area contributed by atoms with E-state index in [2.05, 4.69) is 15.0 Å². The van der Waals surface area contributed by atoms with Crippen molar-refractivity contribution < 1.29 is 13.6 Å². The Bertz CT molecular complexity index is 2290. The minimum absolute atomic E-state index is 0.0141. The molecule has 230 valence electrons. The lowest BCUT2D eigenvalue weighted by Crippen LogP contribution is -2.36. The molecule has 0 spiro atoms. The van der Waals surface area contributed by atoms with Crippen molar-refractivity contribution in [1.82, 2.24) is 33.6 Å². The Kier molecular flexibility index (Phi) is 6.96. The lowest BCUT2D eigenvalue weighted by molar-refractivity contribution is 0.0730. The van der Waals surface area contributed by atoms with Crippen LogP contribution in [0.1, 0.15) is 58.6 Å². The molecule has 1 amide bonds. The number of pyridine rings is 1. The molecule has 5 heterocycles. The Morgan fingerprint density at radius 1 is 1.07 bits per heavy atom. The van der Waals surface area contributed by atoms with Gasteiger partial charge in [-0.25, -0.2) is 23.5 Å². The first-order valence-corrected chi connectivity index (χ1v) is 14.9. The number of nitrogens with zero attached hydrogens (tertiary/aromatic N) is 8. The van der Waals surface area contributed by atoms with E-state index < -0.39 is 11.6 Å². The lowest BCUT2D eigenvalue weighted by Gasteiger charge is -2.29. The summed E-state index contributed by atoms with van der Waals surface area (Å²) in [5.41, 5.74) is 4.95. The third-order valence-corrected chi connectivity index (χ3v) is 8.52. The van der Waals surface area contributed by atoms with E-state index in [1.54, 1.807) is 42.3 Å². The van der Waals surface area contributed by atoms with Crippen LogP contribution < -0.4 is 5.69 Å². The van der Waals surface area contributed by atoms with Crippen LogP contribution in [0.3, 0.4) is 0 Å². The van der Waals surface area contributed by atoms with E-state index in [4.69, 9.17) is 0 Å². The Labute approximate surface area is 261 Å². The topological polar surface area (TPSA) is 115 Å². The Morgan fingerprint density at radius 2 is 1.85 bits per heavy atom. The molecule has 0 fully saturated rings. The average molecular weight is 619 g/mol. The number of aromatic nitrogens is 6.